The molecular weight excluding hydrogens is 164 g/mol. The van der Waals surface area contributed by atoms with Crippen LogP contribution in [0, 0.1) is 0 Å². The molecule has 3 N–H and O–H groups in total. The van der Waals surface area contributed by atoms with Crippen molar-refractivity contribution in [2.75, 3.05) is 13.1 Å². The van der Waals surface area contributed by atoms with Crippen LogP contribution in [0.3, 0.4) is 0 Å². The molecule has 0 saturated carbocycles. The van der Waals surface area contributed by atoms with Gasteiger partial charge < -0.3 is 10.6 Å². The number of hydrogen-bond acceptors (Lipinski definition) is 3. The first kappa shape index (κ1) is 10.2. The van der Waals surface area contributed by atoms with Gasteiger partial charge in [0.05, 0.1) is 0 Å². The molecule has 0 aromatic carbocycles. The van der Waals surface area contributed by atoms with Crippen LogP contribution in [-0.4, -0.2) is 29.3 Å². The van der Waals surface area contributed by atoms with Crippen LogP contribution in [0.1, 0.15) is 19.5 Å². The summed E-state index contributed by atoms with van der Waals surface area (Å²) in [7, 11) is 0. The van der Waals surface area contributed by atoms with Crippen LogP contribution in [0.25, 0.3) is 0 Å². The molecule has 0 aliphatic carbocycles. The van der Waals surface area contributed by atoms with Gasteiger partial charge in [0.25, 0.3) is 0 Å². The Morgan fingerprint density at radius 2 is 2.46 bits per heavy atom. The number of likely N-dealkylation sites (N-methyl/N-ethyl adjacent to an activating group) is 1. The third-order valence-corrected chi connectivity index (χ3v) is 1.90. The van der Waals surface area contributed by atoms with Gasteiger partial charge in [-0.2, -0.15) is 5.10 Å². The molecule has 0 fully saturated rings. The van der Waals surface area contributed by atoms with Crippen LogP contribution in [0.4, 0.5) is 0 Å². The highest BCUT2D eigenvalue weighted by Crippen LogP contribution is 1.91. The van der Waals surface area contributed by atoms with Gasteiger partial charge in [-0.25, -0.2) is 0 Å². The zero-order valence-electron chi connectivity index (χ0n) is 8.30. The van der Waals surface area contributed by atoms with Crippen LogP contribution >= 0.6 is 0 Å². The van der Waals surface area contributed by atoms with Crippen LogP contribution in [-0.2, 0) is 6.54 Å². The molecule has 74 valence electrons. The lowest BCUT2D eigenvalue weighted by Gasteiger charge is -2.12. The fourth-order valence-electron chi connectivity index (χ4n) is 1.10. The average molecular weight is 182 g/mol. The maximum atomic E-state index is 3.88. The number of nitrogens with one attached hydrogen (secondary N) is 3. The summed E-state index contributed by atoms with van der Waals surface area (Å²) in [5, 5.41) is 13.5. The second kappa shape index (κ2) is 5.72. The number of H-pyrrole nitrogens is 1. The maximum Gasteiger partial charge on any atom is 0.0490 e. The van der Waals surface area contributed by atoms with E-state index in [1.165, 1.54) is 0 Å². The Balaban J connectivity index is 2.11. The summed E-state index contributed by atoms with van der Waals surface area (Å²) in [6.07, 6.45) is 1.77. The Kier molecular flexibility index (Phi) is 4.49. The molecule has 4 heteroatoms. The van der Waals surface area contributed by atoms with E-state index in [2.05, 4.69) is 34.7 Å². The summed E-state index contributed by atoms with van der Waals surface area (Å²) in [5.41, 5.74) is 1.13. The van der Waals surface area contributed by atoms with Gasteiger partial charge in [-0.1, -0.05) is 6.92 Å². The third kappa shape index (κ3) is 4.05. The molecule has 1 aromatic heterocycles. The Hall–Kier alpha value is -0.870. The van der Waals surface area contributed by atoms with Crippen LogP contribution in [0.5, 0.6) is 0 Å². The Labute approximate surface area is 79.1 Å². The summed E-state index contributed by atoms with van der Waals surface area (Å²) >= 11 is 0. The molecule has 1 rings (SSSR count). The number of rotatable bonds is 6. The van der Waals surface area contributed by atoms with Crippen molar-refractivity contribution in [3.63, 3.8) is 0 Å². The molecule has 1 aromatic rings. The van der Waals surface area contributed by atoms with Crippen molar-refractivity contribution in [2.45, 2.75) is 26.4 Å². The van der Waals surface area contributed by atoms with E-state index in [0.29, 0.717) is 6.04 Å². The van der Waals surface area contributed by atoms with Crippen molar-refractivity contribution >= 4 is 0 Å². The first-order chi connectivity index (χ1) is 6.33. The van der Waals surface area contributed by atoms with Crippen molar-refractivity contribution in [3.8, 4) is 0 Å². The zero-order chi connectivity index (χ0) is 9.52. The highest BCUT2D eigenvalue weighted by Gasteiger charge is 2.00. The minimum absolute atomic E-state index is 0.489. The number of aromatic nitrogens is 2. The lowest BCUT2D eigenvalue weighted by atomic mass is 10.3. The van der Waals surface area contributed by atoms with E-state index in [4.69, 9.17) is 0 Å². The molecule has 0 aliphatic rings. The smallest absolute Gasteiger partial charge is 0.0490 e. The van der Waals surface area contributed by atoms with Crippen molar-refractivity contribution in [3.05, 3.63) is 18.0 Å². The van der Waals surface area contributed by atoms with E-state index in [9.17, 15) is 0 Å². The van der Waals surface area contributed by atoms with Crippen molar-refractivity contribution in [1.82, 2.24) is 20.8 Å². The zero-order valence-corrected chi connectivity index (χ0v) is 8.30. The Morgan fingerprint density at radius 1 is 1.62 bits per heavy atom. The summed E-state index contributed by atoms with van der Waals surface area (Å²) in [6, 6.07) is 2.47. The minimum Gasteiger partial charge on any atom is -0.315 e. The second-order valence-corrected chi connectivity index (χ2v) is 3.17. The molecule has 13 heavy (non-hydrogen) atoms. The van der Waals surface area contributed by atoms with Gasteiger partial charge in [-0.3, -0.25) is 5.10 Å². The van der Waals surface area contributed by atoms with Gasteiger partial charge in [0.1, 0.15) is 0 Å². The first-order valence-electron chi connectivity index (χ1n) is 4.75. The Morgan fingerprint density at radius 3 is 3.08 bits per heavy atom. The fourth-order valence-corrected chi connectivity index (χ4v) is 1.10. The predicted octanol–water partition coefficient (Wildman–Crippen LogP) is 0.497. The van der Waals surface area contributed by atoms with Gasteiger partial charge in [-0.05, 0) is 19.5 Å². The van der Waals surface area contributed by atoms with Crippen LogP contribution in [0.15, 0.2) is 12.3 Å². The highest BCUT2D eigenvalue weighted by atomic mass is 15.1. The minimum atomic E-state index is 0.489. The first-order valence-corrected chi connectivity index (χ1v) is 4.75. The molecule has 0 spiro atoms. The predicted molar refractivity (Wildman–Crippen MR) is 53.4 cm³/mol. The SMILES string of the molecule is CCNCC(C)NCc1ccn[nH]1. The molecule has 4 nitrogen and oxygen atoms in total. The largest absolute Gasteiger partial charge is 0.315 e. The van der Waals surface area contributed by atoms with E-state index in [0.717, 1.165) is 25.3 Å². The van der Waals surface area contributed by atoms with E-state index >= 15 is 0 Å². The molecular formula is C9H18N4. The lowest BCUT2D eigenvalue weighted by Crippen LogP contribution is -2.35. The van der Waals surface area contributed by atoms with Crippen LogP contribution in [0.2, 0.25) is 0 Å². The molecule has 0 bridgehead atoms. The number of aromatic amines is 1. The normalized spacial score (nSPS) is 13.1. The van der Waals surface area contributed by atoms with Gasteiger partial charge >= 0.3 is 0 Å². The van der Waals surface area contributed by atoms with Crippen molar-refractivity contribution in [1.29, 1.82) is 0 Å². The quantitative estimate of drug-likeness (QED) is 0.600. The lowest BCUT2D eigenvalue weighted by molar-refractivity contribution is 0.505. The van der Waals surface area contributed by atoms with Gasteiger partial charge in [0.15, 0.2) is 0 Å². The summed E-state index contributed by atoms with van der Waals surface area (Å²) in [5.74, 6) is 0. The fraction of sp³-hybridized carbons (Fsp3) is 0.667. The van der Waals surface area contributed by atoms with E-state index in [1.54, 1.807) is 6.20 Å². The maximum absolute atomic E-state index is 3.88. The molecule has 1 heterocycles. The highest BCUT2D eigenvalue weighted by molar-refractivity contribution is 4.96. The monoisotopic (exact) mass is 182 g/mol. The van der Waals surface area contributed by atoms with Gasteiger partial charge in [0, 0.05) is 31.0 Å². The van der Waals surface area contributed by atoms with Crippen molar-refractivity contribution < 1.29 is 0 Å². The molecule has 0 radical (unpaired) electrons. The average Bonchev–Trinajstić information content (AvgIpc) is 2.64. The molecule has 1 atom stereocenters. The van der Waals surface area contributed by atoms with Crippen LogP contribution < -0.4 is 10.6 Å². The van der Waals surface area contributed by atoms with Gasteiger partial charge in [-0.15, -0.1) is 0 Å². The topological polar surface area (TPSA) is 52.7 Å². The number of nitrogens with zero attached hydrogens (tertiary/aromatic N) is 1. The molecule has 0 aliphatic heterocycles. The Bertz CT molecular complexity index is 207. The van der Waals surface area contributed by atoms with E-state index < -0.39 is 0 Å². The van der Waals surface area contributed by atoms with E-state index in [-0.39, 0.29) is 0 Å². The van der Waals surface area contributed by atoms with Crippen molar-refractivity contribution in [2.24, 2.45) is 0 Å². The summed E-state index contributed by atoms with van der Waals surface area (Å²) < 4.78 is 0. The summed E-state index contributed by atoms with van der Waals surface area (Å²) in [4.78, 5) is 0. The second-order valence-electron chi connectivity index (χ2n) is 3.17. The summed E-state index contributed by atoms with van der Waals surface area (Å²) in [6.45, 7) is 7.16. The van der Waals surface area contributed by atoms with Gasteiger partial charge in [0.2, 0.25) is 0 Å². The molecule has 0 amide bonds. The van der Waals surface area contributed by atoms with E-state index in [1.807, 2.05) is 6.07 Å². The third-order valence-electron chi connectivity index (χ3n) is 1.90. The molecule has 0 saturated heterocycles. The molecule has 1 unspecified atom stereocenters. The number of hydrogen-bond donors (Lipinski definition) is 3. The standard InChI is InChI=1S/C9H18N4/c1-3-10-6-8(2)11-7-9-4-5-12-13-9/h4-5,8,10-11H,3,6-7H2,1-2H3,(H,12,13).